The minimum atomic E-state index is -0.743. The Hall–Kier alpha value is -0.570. The first-order valence-electron chi connectivity index (χ1n) is 6.24. The fraction of sp³-hybridized carbons (Fsp3) is 0.917. The Labute approximate surface area is 92.3 Å². The Morgan fingerprint density at radius 2 is 1.47 bits per heavy atom. The average molecular weight is 213 g/mol. The molecule has 2 N–H and O–H groups in total. The predicted octanol–water partition coefficient (Wildman–Crippen LogP) is 2.55. The van der Waals surface area contributed by atoms with Crippen LogP contribution in [0.1, 0.15) is 57.8 Å². The van der Waals surface area contributed by atoms with Crippen molar-refractivity contribution in [3.63, 3.8) is 0 Å². The molecule has 0 unspecified atom stereocenters. The Morgan fingerprint density at radius 3 is 1.93 bits per heavy atom. The largest absolute Gasteiger partial charge is 0.480 e. The van der Waals surface area contributed by atoms with Crippen LogP contribution in [0.25, 0.3) is 0 Å². The third-order valence-electron chi connectivity index (χ3n) is 3.15. The van der Waals surface area contributed by atoms with Gasteiger partial charge < -0.3 is 10.4 Å². The van der Waals surface area contributed by atoms with Crippen LogP contribution in [0, 0.1) is 0 Å². The van der Waals surface area contributed by atoms with E-state index in [1.807, 2.05) is 0 Å². The quantitative estimate of drug-likeness (QED) is 0.757. The molecule has 0 atom stereocenters. The van der Waals surface area contributed by atoms with Gasteiger partial charge in [0.05, 0.1) is 6.54 Å². The third kappa shape index (κ3) is 6.50. The van der Waals surface area contributed by atoms with E-state index in [2.05, 4.69) is 5.32 Å². The highest BCUT2D eigenvalue weighted by Crippen LogP contribution is 2.16. The second-order valence-electron chi connectivity index (χ2n) is 4.52. The summed E-state index contributed by atoms with van der Waals surface area (Å²) >= 11 is 0. The highest BCUT2D eigenvalue weighted by molar-refractivity contribution is 5.69. The highest BCUT2D eigenvalue weighted by Gasteiger charge is 2.10. The number of carboxylic acid groups (broad SMARTS) is 1. The standard InChI is InChI=1S/C12H23NO2/c14-12(15)10-13-11-8-6-4-2-1-3-5-7-9-11/h11,13H,1-10H2,(H,14,15). The topological polar surface area (TPSA) is 49.3 Å². The lowest BCUT2D eigenvalue weighted by Crippen LogP contribution is -2.33. The maximum Gasteiger partial charge on any atom is 0.317 e. The van der Waals surface area contributed by atoms with E-state index in [1.54, 1.807) is 0 Å². The Balaban J connectivity index is 2.22. The molecule has 1 rings (SSSR count). The summed E-state index contributed by atoms with van der Waals surface area (Å²) < 4.78 is 0. The zero-order chi connectivity index (χ0) is 10.9. The fourth-order valence-electron chi connectivity index (χ4n) is 2.25. The Kier molecular flexibility index (Phi) is 6.41. The van der Waals surface area contributed by atoms with E-state index in [0.717, 1.165) is 12.8 Å². The molecule has 0 amide bonds. The summed E-state index contributed by atoms with van der Waals surface area (Å²) in [6.45, 7) is 0.116. The molecule has 1 aliphatic rings. The van der Waals surface area contributed by atoms with Crippen molar-refractivity contribution in [2.24, 2.45) is 0 Å². The maximum atomic E-state index is 10.5. The lowest BCUT2D eigenvalue weighted by Gasteiger charge is -2.18. The normalized spacial score (nSPS) is 21.1. The molecule has 3 heteroatoms. The number of nitrogens with one attached hydrogen (secondary N) is 1. The second kappa shape index (κ2) is 7.69. The molecule has 1 fully saturated rings. The van der Waals surface area contributed by atoms with Gasteiger partial charge in [-0.05, 0) is 12.8 Å². The number of aliphatic carboxylic acids is 1. The van der Waals surface area contributed by atoms with E-state index in [4.69, 9.17) is 5.11 Å². The highest BCUT2D eigenvalue weighted by atomic mass is 16.4. The molecule has 0 saturated heterocycles. The van der Waals surface area contributed by atoms with Crippen LogP contribution >= 0.6 is 0 Å². The van der Waals surface area contributed by atoms with Gasteiger partial charge in [0.25, 0.3) is 0 Å². The third-order valence-corrected chi connectivity index (χ3v) is 3.15. The van der Waals surface area contributed by atoms with Crippen molar-refractivity contribution in [3.8, 4) is 0 Å². The van der Waals surface area contributed by atoms with Gasteiger partial charge in [0.2, 0.25) is 0 Å². The van der Waals surface area contributed by atoms with Crippen molar-refractivity contribution in [3.05, 3.63) is 0 Å². The van der Waals surface area contributed by atoms with Gasteiger partial charge in [-0.3, -0.25) is 4.79 Å². The molecule has 0 bridgehead atoms. The van der Waals surface area contributed by atoms with Gasteiger partial charge in [-0.1, -0.05) is 44.9 Å². The lowest BCUT2D eigenvalue weighted by molar-refractivity contribution is -0.136. The van der Waals surface area contributed by atoms with Crippen LogP contribution < -0.4 is 5.32 Å². The zero-order valence-corrected chi connectivity index (χ0v) is 9.50. The first-order valence-corrected chi connectivity index (χ1v) is 6.24. The molecule has 0 spiro atoms. The molecule has 0 aromatic rings. The van der Waals surface area contributed by atoms with E-state index >= 15 is 0 Å². The number of rotatable bonds is 3. The molecule has 88 valence electrons. The van der Waals surface area contributed by atoms with Crippen LogP contribution in [0.4, 0.5) is 0 Å². The fourth-order valence-corrected chi connectivity index (χ4v) is 2.25. The van der Waals surface area contributed by atoms with Crippen LogP contribution in [0.3, 0.4) is 0 Å². The van der Waals surface area contributed by atoms with Crippen molar-refractivity contribution < 1.29 is 9.90 Å². The summed E-state index contributed by atoms with van der Waals surface area (Å²) in [5, 5.41) is 11.7. The average Bonchev–Trinajstić information content (AvgIpc) is 2.23. The molecular weight excluding hydrogens is 190 g/mol. The van der Waals surface area contributed by atoms with Crippen LogP contribution in [0.2, 0.25) is 0 Å². The van der Waals surface area contributed by atoms with Crippen LogP contribution in [0.15, 0.2) is 0 Å². The van der Waals surface area contributed by atoms with Crippen molar-refractivity contribution in [1.82, 2.24) is 5.32 Å². The Bertz CT molecular complexity index is 172. The van der Waals surface area contributed by atoms with Gasteiger partial charge >= 0.3 is 5.97 Å². The van der Waals surface area contributed by atoms with Crippen molar-refractivity contribution in [2.45, 2.75) is 63.8 Å². The summed E-state index contributed by atoms with van der Waals surface area (Å²) in [5.74, 6) is -0.743. The van der Waals surface area contributed by atoms with Gasteiger partial charge in [0.1, 0.15) is 0 Å². The SMILES string of the molecule is O=C(O)CNC1CCCCCCCCC1. The number of hydrogen-bond acceptors (Lipinski definition) is 2. The summed E-state index contributed by atoms with van der Waals surface area (Å²) in [7, 11) is 0. The minimum absolute atomic E-state index is 0.116. The summed E-state index contributed by atoms with van der Waals surface area (Å²) in [4.78, 5) is 10.5. The molecule has 1 aliphatic carbocycles. The van der Waals surface area contributed by atoms with E-state index in [9.17, 15) is 4.79 Å². The first-order chi connectivity index (χ1) is 7.29. The number of carboxylic acids is 1. The van der Waals surface area contributed by atoms with Gasteiger partial charge in [0, 0.05) is 6.04 Å². The van der Waals surface area contributed by atoms with E-state index < -0.39 is 5.97 Å². The first kappa shape index (κ1) is 12.5. The van der Waals surface area contributed by atoms with Gasteiger partial charge in [0.15, 0.2) is 0 Å². The molecule has 0 aromatic heterocycles. The molecule has 3 nitrogen and oxygen atoms in total. The van der Waals surface area contributed by atoms with Gasteiger partial charge in [-0.25, -0.2) is 0 Å². The summed E-state index contributed by atoms with van der Waals surface area (Å²) in [5.41, 5.74) is 0. The Morgan fingerprint density at radius 1 is 1.00 bits per heavy atom. The molecule has 0 aromatic carbocycles. The summed E-state index contributed by atoms with van der Waals surface area (Å²) in [6.07, 6.45) is 11.5. The van der Waals surface area contributed by atoms with Gasteiger partial charge in [-0.2, -0.15) is 0 Å². The molecular formula is C12H23NO2. The minimum Gasteiger partial charge on any atom is -0.480 e. The molecule has 0 heterocycles. The zero-order valence-electron chi connectivity index (χ0n) is 9.50. The number of carbonyl (C=O) groups is 1. The molecule has 1 saturated carbocycles. The van der Waals surface area contributed by atoms with E-state index in [1.165, 1.54) is 44.9 Å². The number of hydrogen-bond donors (Lipinski definition) is 2. The molecule has 0 radical (unpaired) electrons. The molecule has 0 aliphatic heterocycles. The van der Waals surface area contributed by atoms with Crippen molar-refractivity contribution in [1.29, 1.82) is 0 Å². The van der Waals surface area contributed by atoms with Crippen molar-refractivity contribution in [2.75, 3.05) is 6.54 Å². The second-order valence-corrected chi connectivity index (χ2v) is 4.52. The van der Waals surface area contributed by atoms with E-state index in [-0.39, 0.29) is 6.54 Å². The van der Waals surface area contributed by atoms with Gasteiger partial charge in [-0.15, -0.1) is 0 Å². The predicted molar refractivity (Wildman–Crippen MR) is 61.0 cm³/mol. The lowest BCUT2D eigenvalue weighted by atomic mass is 9.97. The van der Waals surface area contributed by atoms with E-state index in [0.29, 0.717) is 6.04 Å². The van der Waals surface area contributed by atoms with Crippen molar-refractivity contribution >= 4 is 5.97 Å². The van der Waals surface area contributed by atoms with Crippen LogP contribution in [-0.2, 0) is 4.79 Å². The van der Waals surface area contributed by atoms with Crippen LogP contribution in [-0.4, -0.2) is 23.7 Å². The monoisotopic (exact) mass is 213 g/mol. The smallest absolute Gasteiger partial charge is 0.317 e. The maximum absolute atomic E-state index is 10.5. The molecule has 15 heavy (non-hydrogen) atoms. The van der Waals surface area contributed by atoms with Crippen LogP contribution in [0.5, 0.6) is 0 Å². The summed E-state index contributed by atoms with van der Waals surface area (Å²) in [6, 6.07) is 0.430.